The van der Waals surface area contributed by atoms with Gasteiger partial charge in [0, 0.05) is 12.3 Å². The van der Waals surface area contributed by atoms with Gasteiger partial charge in [-0.05, 0) is 18.8 Å². The average Bonchev–Trinajstić information content (AvgIpc) is 2.71. The van der Waals surface area contributed by atoms with Crippen molar-refractivity contribution in [3.63, 3.8) is 0 Å². The van der Waals surface area contributed by atoms with E-state index in [9.17, 15) is 9.59 Å². The fourth-order valence-corrected chi connectivity index (χ4v) is 2.99. The van der Waals surface area contributed by atoms with E-state index in [2.05, 4.69) is 19.2 Å². The van der Waals surface area contributed by atoms with Crippen LogP contribution in [0.1, 0.15) is 78.1 Å². The Hall–Kier alpha value is -0.860. The molecule has 1 N–H and O–H groups in total. The first kappa shape index (κ1) is 16.2. The monoisotopic (exact) mass is 267 g/mol. The molecule has 2 atom stereocenters. The topological polar surface area (TPSA) is 46.2 Å². The van der Waals surface area contributed by atoms with Crippen molar-refractivity contribution in [1.29, 1.82) is 0 Å². The minimum absolute atomic E-state index is 0.0259. The standard InChI is InChI=1S/C16H29NO2/c1-3-5-7-9-11-13(10-8-6-4-2)14-12-15(18)17-16(14)19/h13-14H,3-12H2,1-2H3,(H,17,18,19). The molecule has 2 unspecified atom stereocenters. The molecule has 19 heavy (non-hydrogen) atoms. The number of hydrogen-bond acceptors (Lipinski definition) is 2. The second-order valence-corrected chi connectivity index (χ2v) is 5.83. The summed E-state index contributed by atoms with van der Waals surface area (Å²) in [4.78, 5) is 23.2. The Morgan fingerprint density at radius 1 is 1.00 bits per heavy atom. The van der Waals surface area contributed by atoms with E-state index < -0.39 is 0 Å². The van der Waals surface area contributed by atoms with Gasteiger partial charge in [-0.25, -0.2) is 0 Å². The van der Waals surface area contributed by atoms with Crippen molar-refractivity contribution in [3.8, 4) is 0 Å². The third-order valence-corrected chi connectivity index (χ3v) is 4.18. The van der Waals surface area contributed by atoms with Crippen LogP contribution in [-0.2, 0) is 9.59 Å². The highest BCUT2D eigenvalue weighted by Gasteiger charge is 2.35. The van der Waals surface area contributed by atoms with E-state index in [1.807, 2.05) is 0 Å². The number of rotatable bonds is 10. The average molecular weight is 267 g/mol. The number of unbranched alkanes of at least 4 members (excludes halogenated alkanes) is 5. The summed E-state index contributed by atoms with van der Waals surface area (Å²) in [5.74, 6) is 0.256. The Morgan fingerprint density at radius 3 is 2.11 bits per heavy atom. The van der Waals surface area contributed by atoms with Gasteiger partial charge in [-0.2, -0.15) is 0 Å². The Balaban J connectivity index is 2.43. The number of amides is 2. The molecule has 0 spiro atoms. The summed E-state index contributed by atoms with van der Waals surface area (Å²) in [6.45, 7) is 4.41. The third kappa shape index (κ3) is 5.75. The minimum Gasteiger partial charge on any atom is -0.296 e. The van der Waals surface area contributed by atoms with Gasteiger partial charge in [0.05, 0.1) is 0 Å². The van der Waals surface area contributed by atoms with Crippen molar-refractivity contribution in [2.75, 3.05) is 0 Å². The van der Waals surface area contributed by atoms with Crippen LogP contribution in [-0.4, -0.2) is 11.8 Å². The SMILES string of the molecule is CCCCCCC(CCCCC)C1CC(=O)NC1=O. The lowest BCUT2D eigenvalue weighted by atomic mass is 9.82. The Labute approximate surface area is 117 Å². The van der Waals surface area contributed by atoms with Crippen LogP contribution in [0.4, 0.5) is 0 Å². The van der Waals surface area contributed by atoms with Gasteiger partial charge in [-0.15, -0.1) is 0 Å². The van der Waals surface area contributed by atoms with E-state index in [1.165, 1.54) is 44.9 Å². The highest BCUT2D eigenvalue weighted by atomic mass is 16.2. The normalized spacial score (nSPS) is 20.6. The zero-order valence-corrected chi connectivity index (χ0v) is 12.5. The van der Waals surface area contributed by atoms with Crippen LogP contribution in [0.25, 0.3) is 0 Å². The Bertz CT molecular complexity index is 288. The molecule has 0 aromatic heterocycles. The van der Waals surface area contributed by atoms with Crippen molar-refractivity contribution >= 4 is 11.8 Å². The van der Waals surface area contributed by atoms with Gasteiger partial charge in [0.15, 0.2) is 0 Å². The largest absolute Gasteiger partial charge is 0.296 e. The molecule has 1 heterocycles. The molecule has 110 valence electrons. The predicted octanol–water partition coefficient (Wildman–Crippen LogP) is 3.82. The van der Waals surface area contributed by atoms with E-state index >= 15 is 0 Å². The molecule has 1 aliphatic rings. The molecule has 0 aromatic rings. The van der Waals surface area contributed by atoms with Crippen molar-refractivity contribution < 1.29 is 9.59 Å². The maximum Gasteiger partial charge on any atom is 0.230 e. The van der Waals surface area contributed by atoms with E-state index in [0.29, 0.717) is 12.3 Å². The van der Waals surface area contributed by atoms with Gasteiger partial charge in [0.1, 0.15) is 0 Å². The first-order chi connectivity index (χ1) is 9.19. The van der Waals surface area contributed by atoms with E-state index in [4.69, 9.17) is 0 Å². The molecular formula is C16H29NO2. The van der Waals surface area contributed by atoms with Crippen LogP contribution in [0.2, 0.25) is 0 Å². The molecular weight excluding hydrogens is 238 g/mol. The third-order valence-electron chi connectivity index (χ3n) is 4.18. The molecule has 0 bridgehead atoms. The lowest BCUT2D eigenvalue weighted by Crippen LogP contribution is -2.26. The first-order valence-electron chi connectivity index (χ1n) is 8.02. The predicted molar refractivity (Wildman–Crippen MR) is 77.6 cm³/mol. The van der Waals surface area contributed by atoms with Crippen molar-refractivity contribution in [2.24, 2.45) is 11.8 Å². The van der Waals surface area contributed by atoms with Crippen molar-refractivity contribution in [1.82, 2.24) is 5.32 Å². The lowest BCUT2D eigenvalue weighted by Gasteiger charge is -2.21. The summed E-state index contributed by atoms with van der Waals surface area (Å²) in [6.07, 6.45) is 11.2. The summed E-state index contributed by atoms with van der Waals surface area (Å²) in [5, 5.41) is 2.46. The molecule has 0 radical (unpaired) electrons. The zero-order valence-electron chi connectivity index (χ0n) is 12.5. The van der Waals surface area contributed by atoms with Crippen LogP contribution >= 0.6 is 0 Å². The highest BCUT2D eigenvalue weighted by Crippen LogP contribution is 2.30. The number of carbonyl (C=O) groups is 2. The molecule has 2 amide bonds. The summed E-state index contributed by atoms with van der Waals surface area (Å²) >= 11 is 0. The second kappa shape index (κ2) is 9.11. The molecule has 1 fully saturated rings. The second-order valence-electron chi connectivity index (χ2n) is 5.83. The number of nitrogens with one attached hydrogen (secondary N) is 1. The molecule has 1 saturated heterocycles. The van der Waals surface area contributed by atoms with Crippen LogP contribution in [0.5, 0.6) is 0 Å². The maximum absolute atomic E-state index is 11.8. The molecule has 0 aliphatic carbocycles. The maximum atomic E-state index is 11.8. The summed E-state index contributed by atoms with van der Waals surface area (Å²) in [5.41, 5.74) is 0. The lowest BCUT2D eigenvalue weighted by molar-refractivity contribution is -0.126. The van der Waals surface area contributed by atoms with Gasteiger partial charge in [-0.1, -0.05) is 58.8 Å². The smallest absolute Gasteiger partial charge is 0.230 e. The quantitative estimate of drug-likeness (QED) is 0.483. The van der Waals surface area contributed by atoms with E-state index in [1.54, 1.807) is 0 Å². The van der Waals surface area contributed by atoms with Crippen molar-refractivity contribution in [3.05, 3.63) is 0 Å². The van der Waals surface area contributed by atoms with E-state index in [-0.39, 0.29) is 17.7 Å². The van der Waals surface area contributed by atoms with Gasteiger partial charge < -0.3 is 0 Å². The summed E-state index contributed by atoms with van der Waals surface area (Å²) < 4.78 is 0. The van der Waals surface area contributed by atoms with Crippen LogP contribution in [0.15, 0.2) is 0 Å². The Morgan fingerprint density at radius 2 is 1.58 bits per heavy atom. The molecule has 3 heteroatoms. The van der Waals surface area contributed by atoms with Gasteiger partial charge in [0.2, 0.25) is 11.8 Å². The highest BCUT2D eigenvalue weighted by molar-refractivity contribution is 6.03. The number of hydrogen-bond donors (Lipinski definition) is 1. The van der Waals surface area contributed by atoms with Crippen molar-refractivity contribution in [2.45, 2.75) is 78.1 Å². The first-order valence-corrected chi connectivity index (χ1v) is 8.02. The van der Waals surface area contributed by atoms with E-state index in [0.717, 1.165) is 12.8 Å². The summed E-state index contributed by atoms with van der Waals surface area (Å²) in [6, 6.07) is 0. The molecule has 0 saturated carbocycles. The fourth-order valence-electron chi connectivity index (χ4n) is 2.99. The molecule has 1 aliphatic heterocycles. The fraction of sp³-hybridized carbons (Fsp3) is 0.875. The molecule has 1 rings (SSSR count). The van der Waals surface area contributed by atoms with Crippen LogP contribution < -0.4 is 5.32 Å². The van der Waals surface area contributed by atoms with Gasteiger partial charge >= 0.3 is 0 Å². The number of carbonyl (C=O) groups excluding carboxylic acids is 2. The Kier molecular flexibility index (Phi) is 7.76. The summed E-state index contributed by atoms with van der Waals surface area (Å²) in [7, 11) is 0. The zero-order chi connectivity index (χ0) is 14.1. The van der Waals surface area contributed by atoms with Crippen LogP contribution in [0, 0.1) is 11.8 Å². The minimum atomic E-state index is -0.0796. The molecule has 0 aromatic carbocycles. The number of imide groups is 1. The van der Waals surface area contributed by atoms with Gasteiger partial charge in [-0.3, -0.25) is 14.9 Å². The molecule has 3 nitrogen and oxygen atoms in total. The van der Waals surface area contributed by atoms with Crippen LogP contribution in [0.3, 0.4) is 0 Å². The van der Waals surface area contributed by atoms with Gasteiger partial charge in [0.25, 0.3) is 0 Å².